The zero-order valence-electron chi connectivity index (χ0n) is 12.6. The number of nitrogens with one attached hydrogen (secondary N) is 2. The number of hydrogen-bond acceptors (Lipinski definition) is 6. The van der Waals surface area contributed by atoms with Crippen LogP contribution < -0.4 is 5.32 Å². The quantitative estimate of drug-likeness (QED) is 0.878. The van der Waals surface area contributed by atoms with Gasteiger partial charge in [0, 0.05) is 17.0 Å². The van der Waals surface area contributed by atoms with Crippen molar-refractivity contribution in [1.82, 2.24) is 25.9 Å². The van der Waals surface area contributed by atoms with E-state index in [0.29, 0.717) is 17.0 Å². The van der Waals surface area contributed by atoms with E-state index in [9.17, 15) is 10.5 Å². The molecular formula is C16H13N7. The first-order valence-corrected chi connectivity index (χ1v) is 6.98. The topological polar surface area (TPSA) is 114 Å². The summed E-state index contributed by atoms with van der Waals surface area (Å²) in [6.45, 7) is 3.69. The summed E-state index contributed by atoms with van der Waals surface area (Å²) in [5.41, 5.74) is 4.35. The van der Waals surface area contributed by atoms with Crippen LogP contribution in [0, 0.1) is 22.7 Å². The molecule has 23 heavy (non-hydrogen) atoms. The van der Waals surface area contributed by atoms with Crippen LogP contribution in [0.3, 0.4) is 0 Å². The number of rotatable bonds is 2. The summed E-state index contributed by atoms with van der Waals surface area (Å²) in [5, 5.41) is 35.9. The summed E-state index contributed by atoms with van der Waals surface area (Å²) in [6.07, 6.45) is 0. The molecule has 0 radical (unpaired) electrons. The molecule has 1 aromatic heterocycles. The highest BCUT2D eigenvalue weighted by Crippen LogP contribution is 2.37. The van der Waals surface area contributed by atoms with E-state index in [1.54, 1.807) is 0 Å². The summed E-state index contributed by atoms with van der Waals surface area (Å²) < 4.78 is 0. The Morgan fingerprint density at radius 3 is 2.09 bits per heavy atom. The molecule has 0 saturated carbocycles. The fourth-order valence-corrected chi connectivity index (χ4v) is 2.73. The minimum Gasteiger partial charge on any atom is -0.361 e. The second kappa shape index (κ2) is 5.74. The largest absolute Gasteiger partial charge is 0.361 e. The zero-order chi connectivity index (χ0) is 16.4. The van der Waals surface area contributed by atoms with Crippen molar-refractivity contribution in [3.05, 3.63) is 52.4 Å². The molecule has 0 atom stereocenters. The number of benzene rings is 1. The number of aromatic nitrogens is 4. The summed E-state index contributed by atoms with van der Waals surface area (Å²) in [4.78, 5) is 0. The minimum atomic E-state index is -0.356. The van der Waals surface area contributed by atoms with Crippen LogP contribution in [0.1, 0.15) is 25.3 Å². The Balaban J connectivity index is 2.06. The number of nitriles is 2. The van der Waals surface area contributed by atoms with Gasteiger partial charge in [0.15, 0.2) is 0 Å². The third kappa shape index (κ3) is 2.45. The monoisotopic (exact) mass is 303 g/mol. The van der Waals surface area contributed by atoms with E-state index in [2.05, 4.69) is 38.1 Å². The van der Waals surface area contributed by atoms with E-state index < -0.39 is 0 Å². The van der Waals surface area contributed by atoms with E-state index in [1.807, 2.05) is 38.1 Å². The Kier molecular flexibility index (Phi) is 3.62. The van der Waals surface area contributed by atoms with Crippen LogP contribution in [0.5, 0.6) is 0 Å². The van der Waals surface area contributed by atoms with Crippen LogP contribution in [0.2, 0.25) is 0 Å². The van der Waals surface area contributed by atoms with Gasteiger partial charge in [-0.3, -0.25) is 0 Å². The maximum Gasteiger partial charge on any atom is 0.204 e. The predicted molar refractivity (Wildman–Crippen MR) is 82.1 cm³/mol. The van der Waals surface area contributed by atoms with Crippen molar-refractivity contribution in [2.75, 3.05) is 0 Å². The van der Waals surface area contributed by atoms with Gasteiger partial charge in [0.2, 0.25) is 5.82 Å². The maximum absolute atomic E-state index is 9.49. The second-order valence-corrected chi connectivity index (χ2v) is 5.22. The molecule has 0 bridgehead atoms. The highest BCUT2D eigenvalue weighted by molar-refractivity contribution is 5.59. The van der Waals surface area contributed by atoms with Gasteiger partial charge in [-0.1, -0.05) is 24.3 Å². The molecule has 0 spiro atoms. The van der Waals surface area contributed by atoms with Gasteiger partial charge in [0.25, 0.3) is 0 Å². The molecule has 0 saturated heterocycles. The third-order valence-corrected chi connectivity index (χ3v) is 3.85. The molecule has 0 fully saturated rings. The van der Waals surface area contributed by atoms with Crippen molar-refractivity contribution in [2.24, 2.45) is 0 Å². The van der Waals surface area contributed by atoms with Crippen LogP contribution in [0.25, 0.3) is 11.4 Å². The number of aromatic amines is 1. The lowest BCUT2D eigenvalue weighted by molar-refractivity contribution is 0.814. The maximum atomic E-state index is 9.49. The highest BCUT2D eigenvalue weighted by atomic mass is 15.5. The van der Waals surface area contributed by atoms with E-state index in [-0.39, 0.29) is 5.92 Å². The van der Waals surface area contributed by atoms with Crippen LogP contribution in [0.15, 0.2) is 46.8 Å². The Morgan fingerprint density at radius 2 is 1.61 bits per heavy atom. The van der Waals surface area contributed by atoms with E-state index >= 15 is 0 Å². The number of hydrogen-bond donors (Lipinski definition) is 2. The lowest BCUT2D eigenvalue weighted by atomic mass is 9.81. The zero-order valence-corrected chi connectivity index (χ0v) is 12.6. The molecular weight excluding hydrogens is 290 g/mol. The van der Waals surface area contributed by atoms with Gasteiger partial charge in [-0.25, -0.2) is 0 Å². The Morgan fingerprint density at radius 1 is 1.00 bits per heavy atom. The molecule has 2 N–H and O–H groups in total. The molecule has 0 unspecified atom stereocenters. The number of dihydropyridines is 1. The predicted octanol–water partition coefficient (Wildman–Crippen LogP) is 2.15. The van der Waals surface area contributed by atoms with Crippen molar-refractivity contribution >= 4 is 0 Å². The van der Waals surface area contributed by atoms with Gasteiger partial charge >= 0.3 is 0 Å². The molecule has 1 aliphatic rings. The van der Waals surface area contributed by atoms with Gasteiger partial charge in [-0.05, 0) is 24.6 Å². The van der Waals surface area contributed by atoms with Crippen LogP contribution in [0.4, 0.5) is 0 Å². The number of tetrazole rings is 1. The van der Waals surface area contributed by atoms with Gasteiger partial charge < -0.3 is 5.32 Å². The first-order chi connectivity index (χ1) is 11.2. The first kappa shape index (κ1) is 14.5. The molecule has 7 heteroatoms. The third-order valence-electron chi connectivity index (χ3n) is 3.85. The van der Waals surface area contributed by atoms with E-state index in [1.165, 1.54) is 0 Å². The standard InChI is InChI=1S/C16H13N7/c1-9-13(7-17)15(14(8-18)10(2)19-9)11-3-5-12(6-4-11)16-20-22-23-21-16/h3-6,15,19H,1-2H3,(H,20,21,22,23). The van der Waals surface area contributed by atoms with Gasteiger partial charge in [-0.2, -0.15) is 15.7 Å². The first-order valence-electron chi connectivity index (χ1n) is 6.98. The molecule has 2 heterocycles. The summed E-state index contributed by atoms with van der Waals surface area (Å²) in [7, 11) is 0. The van der Waals surface area contributed by atoms with Gasteiger partial charge in [0.05, 0.1) is 29.2 Å². The minimum absolute atomic E-state index is 0.356. The average Bonchev–Trinajstić information content (AvgIpc) is 3.09. The van der Waals surface area contributed by atoms with Gasteiger partial charge in [0.1, 0.15) is 0 Å². The molecule has 7 nitrogen and oxygen atoms in total. The molecule has 2 aromatic rings. The molecule has 112 valence electrons. The Labute approximate surface area is 132 Å². The summed E-state index contributed by atoms with van der Waals surface area (Å²) in [5.74, 6) is 0.145. The smallest absolute Gasteiger partial charge is 0.204 e. The van der Waals surface area contributed by atoms with E-state index in [0.717, 1.165) is 22.5 Å². The van der Waals surface area contributed by atoms with Gasteiger partial charge in [-0.15, -0.1) is 10.2 Å². The van der Waals surface area contributed by atoms with Crippen molar-refractivity contribution in [3.63, 3.8) is 0 Å². The van der Waals surface area contributed by atoms with E-state index in [4.69, 9.17) is 0 Å². The number of allylic oxidation sites excluding steroid dienone is 4. The molecule has 0 amide bonds. The molecule has 0 aliphatic carbocycles. The van der Waals surface area contributed by atoms with Crippen LogP contribution in [-0.2, 0) is 0 Å². The number of nitrogens with zero attached hydrogens (tertiary/aromatic N) is 5. The number of H-pyrrole nitrogens is 1. The fraction of sp³-hybridized carbons (Fsp3) is 0.188. The second-order valence-electron chi connectivity index (χ2n) is 5.22. The molecule has 1 aromatic carbocycles. The van der Waals surface area contributed by atoms with Crippen molar-refractivity contribution in [3.8, 4) is 23.5 Å². The normalized spacial score (nSPS) is 15.1. The van der Waals surface area contributed by atoms with Crippen molar-refractivity contribution in [2.45, 2.75) is 19.8 Å². The fourth-order valence-electron chi connectivity index (χ4n) is 2.73. The van der Waals surface area contributed by atoms with Crippen LogP contribution >= 0.6 is 0 Å². The van der Waals surface area contributed by atoms with Crippen molar-refractivity contribution in [1.29, 1.82) is 10.5 Å². The Bertz CT molecular complexity index is 838. The average molecular weight is 303 g/mol. The van der Waals surface area contributed by atoms with Crippen LogP contribution in [-0.4, -0.2) is 20.6 Å². The Hall–Kier alpha value is -3.45. The molecule has 1 aliphatic heterocycles. The highest BCUT2D eigenvalue weighted by Gasteiger charge is 2.29. The SMILES string of the molecule is CC1=C(C#N)C(c2ccc(-c3nn[nH]n3)cc2)C(C#N)=C(C)N1. The summed E-state index contributed by atoms with van der Waals surface area (Å²) in [6, 6.07) is 11.9. The lowest BCUT2D eigenvalue weighted by Gasteiger charge is -2.26. The summed E-state index contributed by atoms with van der Waals surface area (Å²) >= 11 is 0. The molecule has 3 rings (SSSR count). The van der Waals surface area contributed by atoms with Crippen molar-refractivity contribution < 1.29 is 0 Å². The lowest BCUT2D eigenvalue weighted by Crippen LogP contribution is -2.23.